The topological polar surface area (TPSA) is 35.2 Å². The van der Waals surface area contributed by atoms with Gasteiger partial charge >= 0.3 is 0 Å². The number of hydrogen-bond acceptors (Lipinski definition) is 2. The fourth-order valence-electron chi connectivity index (χ4n) is 3.50. The van der Waals surface area contributed by atoms with Crippen molar-refractivity contribution < 1.29 is 4.74 Å². The van der Waals surface area contributed by atoms with E-state index in [2.05, 4.69) is 18.2 Å². The van der Waals surface area contributed by atoms with E-state index in [1.54, 1.807) is 0 Å². The largest absolute Gasteiger partial charge is 0.490 e. The third-order valence-electron chi connectivity index (χ3n) is 4.61. The molecule has 0 saturated heterocycles. The number of hydrogen-bond donors (Lipinski definition) is 1. The predicted molar refractivity (Wildman–Crippen MR) is 78.4 cm³/mol. The predicted octanol–water partition coefficient (Wildman–Crippen LogP) is 4.12. The smallest absolute Gasteiger partial charge is 0.123 e. The Morgan fingerprint density at radius 1 is 0.947 bits per heavy atom. The second-order valence-corrected chi connectivity index (χ2v) is 6.05. The average Bonchev–Trinajstić information content (AvgIpc) is 2.69. The van der Waals surface area contributed by atoms with Gasteiger partial charge in [-0.25, -0.2) is 0 Å². The van der Waals surface area contributed by atoms with E-state index in [1.165, 1.54) is 56.1 Å². The Balaban J connectivity index is 1.78. The fourth-order valence-corrected chi connectivity index (χ4v) is 3.50. The molecule has 1 unspecified atom stereocenters. The van der Waals surface area contributed by atoms with Crippen LogP contribution in [0.25, 0.3) is 0 Å². The summed E-state index contributed by atoms with van der Waals surface area (Å²) in [7, 11) is 0. The third kappa shape index (κ3) is 2.94. The van der Waals surface area contributed by atoms with Crippen molar-refractivity contribution in [1.82, 2.24) is 0 Å². The van der Waals surface area contributed by atoms with Crippen LogP contribution in [0.1, 0.15) is 68.5 Å². The molecule has 2 aliphatic rings. The molecule has 104 valence electrons. The van der Waals surface area contributed by atoms with Gasteiger partial charge in [0.2, 0.25) is 0 Å². The molecule has 0 spiro atoms. The van der Waals surface area contributed by atoms with Gasteiger partial charge in [0, 0.05) is 6.04 Å². The van der Waals surface area contributed by atoms with Crippen molar-refractivity contribution >= 4 is 0 Å². The van der Waals surface area contributed by atoms with Crippen LogP contribution in [-0.2, 0) is 6.42 Å². The molecule has 2 nitrogen and oxygen atoms in total. The summed E-state index contributed by atoms with van der Waals surface area (Å²) >= 11 is 0. The summed E-state index contributed by atoms with van der Waals surface area (Å²) in [4.78, 5) is 0. The lowest BCUT2D eigenvalue weighted by atomic mass is 9.87. The average molecular weight is 259 g/mol. The van der Waals surface area contributed by atoms with Crippen molar-refractivity contribution in [3.8, 4) is 5.75 Å². The van der Waals surface area contributed by atoms with E-state index in [9.17, 15) is 0 Å². The molecule has 0 amide bonds. The Labute approximate surface area is 116 Å². The Bertz CT molecular complexity index is 421. The van der Waals surface area contributed by atoms with Gasteiger partial charge < -0.3 is 10.5 Å². The van der Waals surface area contributed by atoms with Crippen LogP contribution < -0.4 is 10.5 Å². The maximum Gasteiger partial charge on any atom is 0.123 e. The van der Waals surface area contributed by atoms with Crippen LogP contribution in [-0.4, -0.2) is 6.10 Å². The quantitative estimate of drug-likeness (QED) is 0.811. The van der Waals surface area contributed by atoms with Crippen molar-refractivity contribution in [2.75, 3.05) is 0 Å². The number of rotatable bonds is 2. The highest BCUT2D eigenvalue weighted by Gasteiger charge is 2.22. The lowest BCUT2D eigenvalue weighted by Gasteiger charge is -2.26. The fraction of sp³-hybridized carbons (Fsp3) is 0.647. The van der Waals surface area contributed by atoms with Crippen LogP contribution in [0, 0.1) is 0 Å². The SMILES string of the molecule is NC1CCCc2c(OC3CCCCCC3)cccc21. The van der Waals surface area contributed by atoms with Crippen LogP contribution in [0.4, 0.5) is 0 Å². The maximum absolute atomic E-state index is 6.33. The van der Waals surface area contributed by atoms with Crippen molar-refractivity contribution in [1.29, 1.82) is 0 Å². The zero-order valence-electron chi connectivity index (χ0n) is 11.7. The molecular weight excluding hydrogens is 234 g/mol. The summed E-state index contributed by atoms with van der Waals surface area (Å²) in [5.74, 6) is 1.11. The molecule has 2 heteroatoms. The molecule has 0 aliphatic heterocycles. The standard InChI is InChI=1S/C17H25NO/c18-16-11-5-10-15-14(16)9-6-12-17(15)19-13-7-3-1-2-4-8-13/h6,9,12-13,16H,1-5,7-8,10-11,18H2. The summed E-state index contributed by atoms with van der Waals surface area (Å²) in [6.45, 7) is 0. The first-order chi connectivity index (χ1) is 9.34. The summed E-state index contributed by atoms with van der Waals surface area (Å²) in [6.07, 6.45) is 11.7. The van der Waals surface area contributed by atoms with Crippen LogP contribution in [0.3, 0.4) is 0 Å². The molecule has 2 N–H and O–H groups in total. The number of nitrogens with two attached hydrogens (primary N) is 1. The number of ether oxygens (including phenoxy) is 1. The minimum Gasteiger partial charge on any atom is -0.490 e. The highest BCUT2D eigenvalue weighted by molar-refractivity contribution is 5.43. The summed E-state index contributed by atoms with van der Waals surface area (Å²) < 4.78 is 6.33. The maximum atomic E-state index is 6.33. The molecule has 1 fully saturated rings. The molecule has 0 radical (unpaired) electrons. The molecule has 0 heterocycles. The Kier molecular flexibility index (Phi) is 4.07. The highest BCUT2D eigenvalue weighted by Crippen LogP contribution is 2.35. The molecule has 2 aliphatic carbocycles. The minimum absolute atomic E-state index is 0.210. The van der Waals surface area contributed by atoms with Gasteiger partial charge in [-0.3, -0.25) is 0 Å². The second kappa shape index (κ2) is 5.96. The molecule has 0 aromatic heterocycles. The number of benzene rings is 1. The lowest BCUT2D eigenvalue weighted by molar-refractivity contribution is 0.181. The van der Waals surface area contributed by atoms with E-state index in [0.29, 0.717) is 6.10 Å². The highest BCUT2D eigenvalue weighted by atomic mass is 16.5. The van der Waals surface area contributed by atoms with E-state index >= 15 is 0 Å². The third-order valence-corrected chi connectivity index (χ3v) is 4.61. The van der Waals surface area contributed by atoms with Crippen LogP contribution in [0.2, 0.25) is 0 Å². The van der Waals surface area contributed by atoms with Gasteiger partial charge in [-0.2, -0.15) is 0 Å². The van der Waals surface area contributed by atoms with Crippen molar-refractivity contribution in [3.63, 3.8) is 0 Å². The minimum atomic E-state index is 0.210. The molecule has 0 bridgehead atoms. The first-order valence-electron chi connectivity index (χ1n) is 7.88. The van der Waals surface area contributed by atoms with Gasteiger partial charge in [0.25, 0.3) is 0 Å². The lowest BCUT2D eigenvalue weighted by Crippen LogP contribution is -2.21. The summed E-state index contributed by atoms with van der Waals surface area (Å²) in [5, 5.41) is 0. The van der Waals surface area contributed by atoms with Gasteiger partial charge in [0.05, 0.1) is 6.10 Å². The van der Waals surface area contributed by atoms with Crippen LogP contribution in [0.5, 0.6) is 5.75 Å². The van der Waals surface area contributed by atoms with Crippen LogP contribution in [0.15, 0.2) is 18.2 Å². The van der Waals surface area contributed by atoms with Gasteiger partial charge in [0.15, 0.2) is 0 Å². The van der Waals surface area contributed by atoms with Gasteiger partial charge in [-0.05, 0) is 62.1 Å². The zero-order chi connectivity index (χ0) is 13.1. The summed E-state index contributed by atoms with van der Waals surface area (Å²) in [5.41, 5.74) is 8.91. The van der Waals surface area contributed by atoms with Crippen molar-refractivity contribution in [3.05, 3.63) is 29.3 Å². The van der Waals surface area contributed by atoms with Gasteiger partial charge in [-0.1, -0.05) is 25.0 Å². The van der Waals surface area contributed by atoms with Crippen molar-refractivity contribution in [2.45, 2.75) is 69.9 Å². The molecule has 1 aromatic carbocycles. The van der Waals surface area contributed by atoms with E-state index in [0.717, 1.165) is 18.6 Å². The first-order valence-corrected chi connectivity index (χ1v) is 7.88. The Morgan fingerprint density at radius 3 is 2.53 bits per heavy atom. The van der Waals surface area contributed by atoms with E-state index in [1.807, 2.05) is 0 Å². The van der Waals surface area contributed by atoms with Gasteiger partial charge in [-0.15, -0.1) is 0 Å². The Hall–Kier alpha value is -1.02. The molecule has 1 atom stereocenters. The Morgan fingerprint density at radius 2 is 1.74 bits per heavy atom. The van der Waals surface area contributed by atoms with Crippen molar-refractivity contribution in [2.24, 2.45) is 5.73 Å². The zero-order valence-corrected chi connectivity index (χ0v) is 11.7. The second-order valence-electron chi connectivity index (χ2n) is 6.05. The first kappa shape index (κ1) is 13.0. The monoisotopic (exact) mass is 259 g/mol. The van der Waals surface area contributed by atoms with Gasteiger partial charge in [0.1, 0.15) is 5.75 Å². The molecule has 1 saturated carbocycles. The normalized spacial score (nSPS) is 24.6. The molecule has 19 heavy (non-hydrogen) atoms. The van der Waals surface area contributed by atoms with E-state index in [-0.39, 0.29) is 6.04 Å². The molecule has 3 rings (SSSR count). The van der Waals surface area contributed by atoms with Crippen LogP contribution >= 0.6 is 0 Å². The van der Waals surface area contributed by atoms with E-state index in [4.69, 9.17) is 10.5 Å². The van der Waals surface area contributed by atoms with E-state index < -0.39 is 0 Å². The number of fused-ring (bicyclic) bond motifs is 1. The summed E-state index contributed by atoms with van der Waals surface area (Å²) in [6, 6.07) is 6.64. The molecule has 1 aromatic rings. The molecular formula is C17H25NO.